The number of aromatic carboxylic acids is 2. The van der Waals surface area contributed by atoms with Gasteiger partial charge in [0.15, 0.2) is 0 Å². The van der Waals surface area contributed by atoms with Crippen molar-refractivity contribution in [3.63, 3.8) is 0 Å². The van der Waals surface area contributed by atoms with Crippen LogP contribution in [0, 0.1) is 0 Å². The second-order valence-electron chi connectivity index (χ2n) is 8.93. The van der Waals surface area contributed by atoms with Gasteiger partial charge in [-0.1, -0.05) is 18.2 Å². The third-order valence-corrected chi connectivity index (χ3v) is 6.69. The Morgan fingerprint density at radius 1 is 0.878 bits per heavy atom. The molecule has 3 aromatic rings. The topological polar surface area (TPSA) is 171 Å². The first kappa shape index (κ1) is 31.1. The molecule has 2 atom stereocenters. The smallest absolute Gasteiger partial charge is 0.416 e. The van der Waals surface area contributed by atoms with E-state index in [0.717, 1.165) is 18.2 Å². The Labute approximate surface area is 235 Å². The molecule has 14 heteroatoms. The number of para-hydroxylation sites is 1. The number of benzene rings is 3. The van der Waals surface area contributed by atoms with Crippen LogP contribution in [0.25, 0.3) is 0 Å². The Bertz CT molecular complexity index is 1480. The lowest BCUT2D eigenvalue weighted by atomic mass is 10.1. The van der Waals surface area contributed by atoms with Gasteiger partial charge in [-0.3, -0.25) is 9.00 Å². The second kappa shape index (κ2) is 13.3. The molecular formula is C27H27F3N4O6S. The summed E-state index contributed by atoms with van der Waals surface area (Å²) >= 11 is 0. The molecule has 1 amide bonds. The molecule has 0 aromatic heterocycles. The first-order chi connectivity index (χ1) is 19.3. The number of carboxylic acids is 2. The van der Waals surface area contributed by atoms with Crippen LogP contribution in [0.1, 0.15) is 38.3 Å². The third kappa shape index (κ3) is 8.53. The van der Waals surface area contributed by atoms with Crippen LogP contribution < -0.4 is 21.7 Å². The molecule has 0 saturated carbocycles. The first-order valence-corrected chi connectivity index (χ1v) is 13.8. The number of carbonyl (C=O) groups excluding carboxylic acids is 1. The molecule has 3 aromatic carbocycles. The Kier molecular flexibility index (Phi) is 10.1. The highest BCUT2D eigenvalue weighted by atomic mass is 32.2. The van der Waals surface area contributed by atoms with Gasteiger partial charge in [0.1, 0.15) is 0 Å². The van der Waals surface area contributed by atoms with Crippen LogP contribution in [0.5, 0.6) is 0 Å². The Hall–Kier alpha value is -4.43. The monoisotopic (exact) mass is 592 g/mol. The Balaban J connectivity index is 1.91. The average molecular weight is 593 g/mol. The molecular weight excluding hydrogens is 565 g/mol. The lowest BCUT2D eigenvalue weighted by molar-refractivity contribution is -0.137. The molecule has 0 unspecified atom stereocenters. The van der Waals surface area contributed by atoms with E-state index in [-0.39, 0.29) is 52.6 Å². The molecule has 0 bridgehead atoms. The van der Waals surface area contributed by atoms with Crippen molar-refractivity contribution in [3.05, 3.63) is 82.9 Å². The van der Waals surface area contributed by atoms with Gasteiger partial charge in [-0.25, -0.2) is 9.59 Å². The maximum Gasteiger partial charge on any atom is 0.416 e. The summed E-state index contributed by atoms with van der Waals surface area (Å²) in [5.74, 6) is -2.92. The normalized spacial score (nSPS) is 12.7. The average Bonchev–Trinajstić information content (AvgIpc) is 2.91. The Morgan fingerprint density at radius 2 is 1.49 bits per heavy atom. The van der Waals surface area contributed by atoms with Gasteiger partial charge in [0.25, 0.3) is 0 Å². The standard InChI is InChI=1S/C27H27F3N4O6S/c1-41(40)11-10-19(31)24(35)32-14-15-6-8-21(18(12-15)26(38)39)34-23-13-16(27(28,29)30)7-9-22(23)33-20-5-3-2-4-17(20)25(36)37/h2-9,12-13,19,33-34H,10-11,14,31H2,1H3,(H,32,35)(H,36,37)(H,38,39)/t19-,41+/m0/s1. The van der Waals surface area contributed by atoms with E-state index in [4.69, 9.17) is 5.73 Å². The van der Waals surface area contributed by atoms with Gasteiger partial charge in [0.2, 0.25) is 5.91 Å². The maximum absolute atomic E-state index is 13.5. The zero-order chi connectivity index (χ0) is 30.3. The van der Waals surface area contributed by atoms with Crippen LogP contribution in [0.15, 0.2) is 60.7 Å². The van der Waals surface area contributed by atoms with Crippen molar-refractivity contribution in [3.8, 4) is 0 Å². The first-order valence-electron chi connectivity index (χ1n) is 12.0. The highest BCUT2D eigenvalue weighted by Gasteiger charge is 2.31. The lowest BCUT2D eigenvalue weighted by Crippen LogP contribution is -2.41. The predicted octanol–water partition coefficient (Wildman–Crippen LogP) is 4.30. The molecule has 3 rings (SSSR count). The number of hydrogen-bond acceptors (Lipinski definition) is 7. The summed E-state index contributed by atoms with van der Waals surface area (Å²) in [6.07, 6.45) is -3.03. The van der Waals surface area contributed by atoms with Crippen LogP contribution >= 0.6 is 0 Å². The van der Waals surface area contributed by atoms with E-state index < -0.39 is 46.4 Å². The van der Waals surface area contributed by atoms with Crippen LogP contribution in [-0.4, -0.2) is 50.3 Å². The largest absolute Gasteiger partial charge is 0.478 e. The van der Waals surface area contributed by atoms with Crippen molar-refractivity contribution in [2.75, 3.05) is 22.6 Å². The molecule has 0 radical (unpaired) electrons. The van der Waals surface area contributed by atoms with Gasteiger partial charge in [-0.15, -0.1) is 0 Å². The number of hydrogen-bond donors (Lipinski definition) is 6. The van der Waals surface area contributed by atoms with Crippen molar-refractivity contribution in [1.29, 1.82) is 0 Å². The molecule has 10 nitrogen and oxygen atoms in total. The van der Waals surface area contributed by atoms with Crippen molar-refractivity contribution < 1.29 is 42.0 Å². The molecule has 0 fully saturated rings. The number of nitrogens with two attached hydrogens (primary N) is 1. The van der Waals surface area contributed by atoms with Crippen molar-refractivity contribution in [2.45, 2.75) is 25.2 Å². The summed E-state index contributed by atoms with van der Waals surface area (Å²) in [6.45, 7) is -0.0787. The molecule has 0 aliphatic heterocycles. The van der Waals surface area contributed by atoms with Gasteiger partial charge >= 0.3 is 18.1 Å². The van der Waals surface area contributed by atoms with Gasteiger partial charge in [0.05, 0.1) is 45.5 Å². The number of rotatable bonds is 12. The minimum atomic E-state index is -4.71. The molecule has 0 aliphatic carbocycles. The number of nitrogens with one attached hydrogen (secondary N) is 3. The van der Waals surface area contributed by atoms with Gasteiger partial charge < -0.3 is 31.9 Å². The van der Waals surface area contributed by atoms with Crippen LogP contribution in [0.2, 0.25) is 0 Å². The van der Waals surface area contributed by atoms with Crippen molar-refractivity contribution in [1.82, 2.24) is 5.32 Å². The highest BCUT2D eigenvalue weighted by Crippen LogP contribution is 2.37. The van der Waals surface area contributed by atoms with E-state index in [2.05, 4.69) is 16.0 Å². The molecule has 7 N–H and O–H groups in total. The fourth-order valence-electron chi connectivity index (χ4n) is 3.73. The number of alkyl halides is 3. The lowest BCUT2D eigenvalue weighted by Gasteiger charge is -2.19. The second-order valence-corrected chi connectivity index (χ2v) is 10.5. The number of anilines is 4. The molecule has 0 aliphatic rings. The van der Waals surface area contributed by atoms with Gasteiger partial charge in [-0.2, -0.15) is 13.2 Å². The van der Waals surface area contributed by atoms with Gasteiger partial charge in [0, 0.05) is 29.4 Å². The summed E-state index contributed by atoms with van der Waals surface area (Å²) in [4.78, 5) is 35.9. The van der Waals surface area contributed by atoms with Gasteiger partial charge in [-0.05, 0) is 54.4 Å². The Morgan fingerprint density at radius 3 is 2.12 bits per heavy atom. The molecule has 0 saturated heterocycles. The van der Waals surface area contributed by atoms with Crippen LogP contribution in [-0.2, 0) is 28.3 Å². The van der Waals surface area contributed by atoms with E-state index in [1.807, 2.05) is 0 Å². The van der Waals surface area contributed by atoms with E-state index >= 15 is 0 Å². The zero-order valence-electron chi connectivity index (χ0n) is 21.6. The zero-order valence-corrected chi connectivity index (χ0v) is 22.4. The number of amides is 1. The van der Waals surface area contributed by atoms with E-state index in [9.17, 15) is 42.0 Å². The fourth-order valence-corrected chi connectivity index (χ4v) is 4.32. The van der Waals surface area contributed by atoms with Crippen molar-refractivity contribution >= 4 is 51.4 Å². The van der Waals surface area contributed by atoms with E-state index in [1.165, 1.54) is 42.7 Å². The summed E-state index contributed by atoms with van der Waals surface area (Å²) < 4.78 is 51.8. The highest BCUT2D eigenvalue weighted by molar-refractivity contribution is 7.84. The minimum Gasteiger partial charge on any atom is -0.478 e. The summed E-state index contributed by atoms with van der Waals surface area (Å²) in [5, 5.41) is 27.4. The number of carboxylic acid groups (broad SMARTS) is 2. The minimum absolute atomic E-state index is 0.0522. The molecule has 0 heterocycles. The SMILES string of the molecule is C[S@@](=O)CC[C@H](N)C(=O)NCc1ccc(Nc2cc(C(F)(F)F)ccc2Nc2ccccc2C(=O)O)c(C(=O)O)c1. The van der Waals surface area contributed by atoms with E-state index in [1.54, 1.807) is 6.07 Å². The molecule has 0 spiro atoms. The van der Waals surface area contributed by atoms with Crippen LogP contribution in [0.3, 0.4) is 0 Å². The summed E-state index contributed by atoms with van der Waals surface area (Å²) in [6, 6.07) is 11.6. The molecule has 41 heavy (non-hydrogen) atoms. The van der Waals surface area contributed by atoms with E-state index in [0.29, 0.717) is 5.56 Å². The predicted molar refractivity (Wildman–Crippen MR) is 148 cm³/mol. The summed E-state index contributed by atoms with van der Waals surface area (Å²) in [7, 11) is -1.12. The van der Waals surface area contributed by atoms with Crippen molar-refractivity contribution in [2.24, 2.45) is 5.73 Å². The summed E-state index contributed by atoms with van der Waals surface area (Å²) in [5.41, 5.74) is 4.68. The maximum atomic E-state index is 13.5. The number of halogens is 3. The fraction of sp³-hybridized carbons (Fsp3) is 0.222. The molecule has 218 valence electrons. The third-order valence-electron chi connectivity index (χ3n) is 5.88. The quantitative estimate of drug-likeness (QED) is 0.179. The van der Waals surface area contributed by atoms with Crippen LogP contribution in [0.4, 0.5) is 35.9 Å². The number of carbonyl (C=O) groups is 3.